The van der Waals surface area contributed by atoms with Crippen molar-refractivity contribution in [3.05, 3.63) is 64.9 Å². The molecule has 2 aromatic carbocycles. The molecule has 5 rings (SSSR count). The monoisotopic (exact) mass is 501 g/mol. The lowest BCUT2D eigenvalue weighted by atomic mass is 10.0. The van der Waals surface area contributed by atoms with Crippen LogP contribution >= 0.6 is 11.6 Å². The number of pyridine rings is 1. The molecule has 0 saturated carbocycles. The number of hydrogen-bond acceptors (Lipinski definition) is 5. The smallest absolute Gasteiger partial charge is 0.434 e. The van der Waals surface area contributed by atoms with E-state index in [1.165, 1.54) is 42.4 Å². The van der Waals surface area contributed by atoms with E-state index in [1.807, 2.05) is 0 Å². The lowest BCUT2D eigenvalue weighted by molar-refractivity contribution is -0.143. The first-order chi connectivity index (χ1) is 16.6. The molecule has 2 N–H and O–H groups in total. The molecule has 0 bridgehead atoms. The molecule has 178 valence electrons. The quantitative estimate of drug-likeness (QED) is 0.453. The summed E-state index contributed by atoms with van der Waals surface area (Å²) in [7, 11) is 1.47. The number of hydrogen-bond donors (Lipinski definition) is 1. The zero-order valence-corrected chi connectivity index (χ0v) is 18.7. The number of alkyl halides is 3. The van der Waals surface area contributed by atoms with Crippen molar-refractivity contribution in [1.82, 2.24) is 14.8 Å². The van der Waals surface area contributed by atoms with Gasteiger partial charge in [0.15, 0.2) is 18.1 Å². The van der Waals surface area contributed by atoms with Crippen molar-refractivity contribution in [2.24, 2.45) is 5.73 Å². The van der Waals surface area contributed by atoms with Gasteiger partial charge in [0.25, 0.3) is 11.8 Å². The van der Waals surface area contributed by atoms with Crippen molar-refractivity contribution >= 4 is 40.0 Å². The van der Waals surface area contributed by atoms with Gasteiger partial charge in [-0.2, -0.15) is 18.3 Å². The lowest BCUT2D eigenvalue weighted by Gasteiger charge is -2.27. The maximum atomic E-state index is 14.4. The number of ether oxygens (including phenoxy) is 1. The molecular formula is C23H15ClF3N5O3. The molecule has 0 atom stereocenters. The summed E-state index contributed by atoms with van der Waals surface area (Å²) < 4.78 is 49.1. The van der Waals surface area contributed by atoms with Crippen LogP contribution in [0.5, 0.6) is 5.75 Å². The molecule has 1 aliphatic heterocycles. The molecule has 0 saturated heterocycles. The molecule has 2 amide bonds. The summed E-state index contributed by atoms with van der Waals surface area (Å²) in [6, 6.07) is 10.5. The van der Waals surface area contributed by atoms with E-state index in [2.05, 4.69) is 10.1 Å². The van der Waals surface area contributed by atoms with Gasteiger partial charge in [-0.1, -0.05) is 17.7 Å². The van der Waals surface area contributed by atoms with E-state index in [0.29, 0.717) is 15.6 Å². The van der Waals surface area contributed by atoms with Gasteiger partial charge in [-0.25, -0.2) is 4.68 Å². The lowest BCUT2D eigenvalue weighted by Crippen LogP contribution is -2.35. The molecule has 1 aliphatic rings. The van der Waals surface area contributed by atoms with Gasteiger partial charge in [-0.15, -0.1) is 0 Å². The summed E-state index contributed by atoms with van der Waals surface area (Å²) in [4.78, 5) is 29.9. The van der Waals surface area contributed by atoms with Crippen LogP contribution in [-0.2, 0) is 11.0 Å². The molecule has 0 aliphatic carbocycles. The number of fused-ring (bicyclic) bond motifs is 2. The van der Waals surface area contributed by atoms with E-state index in [4.69, 9.17) is 22.1 Å². The Morgan fingerprint density at radius 3 is 2.66 bits per heavy atom. The van der Waals surface area contributed by atoms with Gasteiger partial charge in [0.1, 0.15) is 5.69 Å². The Morgan fingerprint density at radius 1 is 1.17 bits per heavy atom. The van der Waals surface area contributed by atoms with Crippen LogP contribution in [-0.4, -0.2) is 40.2 Å². The third-order valence-electron chi connectivity index (χ3n) is 5.62. The van der Waals surface area contributed by atoms with Gasteiger partial charge in [0.2, 0.25) is 0 Å². The fourth-order valence-corrected chi connectivity index (χ4v) is 4.30. The van der Waals surface area contributed by atoms with E-state index < -0.39 is 23.3 Å². The maximum absolute atomic E-state index is 14.4. The molecule has 4 aromatic rings. The van der Waals surface area contributed by atoms with Crippen molar-refractivity contribution < 1.29 is 27.5 Å². The van der Waals surface area contributed by atoms with E-state index >= 15 is 0 Å². The van der Waals surface area contributed by atoms with Gasteiger partial charge in [-0.05, 0) is 36.4 Å². The average Bonchev–Trinajstić information content (AvgIpc) is 3.23. The largest absolute Gasteiger partial charge is 0.480 e. The van der Waals surface area contributed by atoms with Gasteiger partial charge >= 0.3 is 6.18 Å². The molecule has 0 fully saturated rings. The number of carbonyl (C=O) groups is 2. The number of rotatable bonds is 3. The number of nitrogens with zero attached hydrogens (tertiary/aromatic N) is 4. The summed E-state index contributed by atoms with van der Waals surface area (Å²) in [5.74, 6) is -1.52. The van der Waals surface area contributed by atoms with Crippen LogP contribution in [0.4, 0.5) is 18.9 Å². The molecule has 0 spiro atoms. The van der Waals surface area contributed by atoms with Gasteiger partial charge in [0, 0.05) is 24.2 Å². The zero-order chi connectivity index (χ0) is 25.1. The number of amides is 2. The van der Waals surface area contributed by atoms with Crippen LogP contribution in [0.15, 0.2) is 48.7 Å². The summed E-state index contributed by atoms with van der Waals surface area (Å²) >= 11 is 6.33. The summed E-state index contributed by atoms with van der Waals surface area (Å²) in [6.45, 7) is -0.239. The third-order valence-corrected chi connectivity index (χ3v) is 5.90. The van der Waals surface area contributed by atoms with Crippen LogP contribution in [0, 0.1) is 0 Å². The summed E-state index contributed by atoms with van der Waals surface area (Å²) in [5, 5.41) is 4.60. The average molecular weight is 502 g/mol. The van der Waals surface area contributed by atoms with E-state index in [-0.39, 0.29) is 45.9 Å². The molecule has 3 heterocycles. The molecule has 2 aromatic heterocycles. The standard InChI is InChI=1S/C23H15ClF3N5O3/c1-31-16-9-11(8-13(24)20(16)35-10-17(31)33)19-18(22(28)34)21(23(25,26)27)32(30-19)15-6-2-5-14-12(15)4-3-7-29-14/h2-9H,10H2,1H3,(H2,28,34). The predicted molar refractivity (Wildman–Crippen MR) is 122 cm³/mol. The minimum Gasteiger partial charge on any atom is -0.480 e. The fourth-order valence-electron chi connectivity index (χ4n) is 4.03. The molecule has 12 heteroatoms. The number of nitrogens with two attached hydrogens (primary N) is 1. The SMILES string of the molecule is CN1C(=O)COc2c(Cl)cc(-c3nn(-c4cccc5ncccc45)c(C(F)(F)F)c3C(N)=O)cc21. The van der Waals surface area contributed by atoms with Crippen LogP contribution in [0.1, 0.15) is 16.1 Å². The summed E-state index contributed by atoms with van der Waals surface area (Å²) in [5.41, 5.74) is 3.69. The Morgan fingerprint density at radius 2 is 1.94 bits per heavy atom. The van der Waals surface area contributed by atoms with Crippen molar-refractivity contribution in [2.45, 2.75) is 6.18 Å². The van der Waals surface area contributed by atoms with Crippen LogP contribution in [0.25, 0.3) is 27.8 Å². The first-order valence-electron chi connectivity index (χ1n) is 10.2. The molecule has 0 radical (unpaired) electrons. The zero-order valence-electron chi connectivity index (χ0n) is 17.9. The Hall–Kier alpha value is -4.12. The predicted octanol–water partition coefficient (Wildman–Crippen LogP) is 4.21. The highest BCUT2D eigenvalue weighted by atomic mass is 35.5. The van der Waals surface area contributed by atoms with E-state index in [0.717, 1.165) is 0 Å². The Kier molecular flexibility index (Phi) is 5.17. The molecular weight excluding hydrogens is 487 g/mol. The number of halogens is 4. The normalized spacial score (nSPS) is 13.6. The first-order valence-corrected chi connectivity index (χ1v) is 10.5. The Labute approximate surface area is 200 Å². The van der Waals surface area contributed by atoms with Crippen LogP contribution in [0.3, 0.4) is 0 Å². The number of benzene rings is 2. The van der Waals surface area contributed by atoms with Crippen molar-refractivity contribution in [2.75, 3.05) is 18.6 Å². The second-order valence-electron chi connectivity index (χ2n) is 7.74. The topological polar surface area (TPSA) is 103 Å². The highest BCUT2D eigenvalue weighted by molar-refractivity contribution is 6.33. The fraction of sp³-hybridized carbons (Fsp3) is 0.130. The minimum atomic E-state index is -4.99. The molecule has 35 heavy (non-hydrogen) atoms. The number of anilines is 1. The highest BCUT2D eigenvalue weighted by Gasteiger charge is 2.43. The van der Waals surface area contributed by atoms with Crippen LogP contribution in [0.2, 0.25) is 5.02 Å². The third kappa shape index (κ3) is 3.64. The maximum Gasteiger partial charge on any atom is 0.434 e. The second kappa shape index (κ2) is 7.98. The van der Waals surface area contributed by atoms with Gasteiger partial charge in [0.05, 0.1) is 27.5 Å². The van der Waals surface area contributed by atoms with E-state index in [9.17, 15) is 22.8 Å². The minimum absolute atomic E-state index is 0.0322. The molecule has 8 nitrogen and oxygen atoms in total. The number of primary amides is 1. The number of likely N-dealkylation sites (N-methyl/N-ethyl adjacent to an activating group) is 1. The van der Waals surface area contributed by atoms with E-state index in [1.54, 1.807) is 18.2 Å². The van der Waals surface area contributed by atoms with Crippen molar-refractivity contribution in [1.29, 1.82) is 0 Å². The number of carbonyl (C=O) groups excluding carboxylic acids is 2. The first kappa shape index (κ1) is 22.7. The molecule has 0 unspecified atom stereocenters. The second-order valence-corrected chi connectivity index (χ2v) is 8.15. The Bertz CT molecular complexity index is 1530. The van der Waals surface area contributed by atoms with Crippen LogP contribution < -0.4 is 15.4 Å². The highest BCUT2D eigenvalue weighted by Crippen LogP contribution is 2.44. The van der Waals surface area contributed by atoms with Gasteiger partial charge < -0.3 is 15.4 Å². The summed E-state index contributed by atoms with van der Waals surface area (Å²) in [6.07, 6.45) is -3.48. The van der Waals surface area contributed by atoms with Crippen molar-refractivity contribution in [3.63, 3.8) is 0 Å². The Balaban J connectivity index is 1.84. The number of aromatic nitrogens is 3. The van der Waals surface area contributed by atoms with Gasteiger partial charge in [-0.3, -0.25) is 14.6 Å². The van der Waals surface area contributed by atoms with Crippen molar-refractivity contribution in [3.8, 4) is 22.7 Å².